The minimum Gasteiger partial charge on any atom is -0.396 e. The number of anilines is 1. The van der Waals surface area contributed by atoms with E-state index in [4.69, 9.17) is 16.2 Å². The van der Waals surface area contributed by atoms with Crippen LogP contribution < -0.4 is 10.6 Å². The number of aryl methyl sites for hydroxylation is 1. The number of nitrogens with two attached hydrogens (primary N) is 1. The summed E-state index contributed by atoms with van der Waals surface area (Å²) < 4.78 is 0. The molecule has 0 fully saturated rings. The Morgan fingerprint density at radius 1 is 1.44 bits per heavy atom. The Morgan fingerprint density at radius 3 is 2.56 bits per heavy atom. The molecule has 100 valence electrons. The van der Waals surface area contributed by atoms with Crippen LogP contribution in [0.1, 0.15) is 31.4 Å². The van der Waals surface area contributed by atoms with Gasteiger partial charge >= 0.3 is 0 Å². The van der Waals surface area contributed by atoms with E-state index in [1.807, 2.05) is 25.1 Å². The van der Waals surface area contributed by atoms with E-state index >= 15 is 0 Å². The molecule has 0 aliphatic rings. The standard InChI is InChI=1S/C14H23N3O/c1-10(2)17(7-4-8-18)12-5-6-13(14(15)16)11(3)9-12/h5-6,9-10,18H,4,7-8H2,1-3H3,(H3,15,16). The fraction of sp³-hybridized carbons (Fsp3) is 0.500. The van der Waals surface area contributed by atoms with Gasteiger partial charge in [-0.1, -0.05) is 0 Å². The molecule has 0 bridgehead atoms. The van der Waals surface area contributed by atoms with E-state index in [0.717, 1.165) is 29.8 Å². The highest BCUT2D eigenvalue weighted by atomic mass is 16.3. The van der Waals surface area contributed by atoms with Crippen molar-refractivity contribution in [2.24, 2.45) is 5.73 Å². The second-order valence-corrected chi connectivity index (χ2v) is 4.78. The number of rotatable bonds is 6. The summed E-state index contributed by atoms with van der Waals surface area (Å²) in [5, 5.41) is 16.4. The van der Waals surface area contributed by atoms with Gasteiger partial charge in [-0.3, -0.25) is 5.41 Å². The van der Waals surface area contributed by atoms with Crippen molar-refractivity contribution in [3.8, 4) is 0 Å². The number of nitrogen functional groups attached to an aromatic ring is 1. The molecule has 1 aromatic rings. The first-order valence-electron chi connectivity index (χ1n) is 6.30. The Bertz CT molecular complexity index is 416. The molecule has 4 nitrogen and oxygen atoms in total. The quantitative estimate of drug-likeness (QED) is 0.532. The highest BCUT2D eigenvalue weighted by Crippen LogP contribution is 2.21. The molecule has 0 saturated heterocycles. The summed E-state index contributed by atoms with van der Waals surface area (Å²) >= 11 is 0. The number of aliphatic hydroxyl groups is 1. The number of amidine groups is 1. The summed E-state index contributed by atoms with van der Waals surface area (Å²) in [6, 6.07) is 6.30. The van der Waals surface area contributed by atoms with E-state index in [2.05, 4.69) is 18.7 Å². The molecule has 0 spiro atoms. The van der Waals surface area contributed by atoms with Gasteiger partial charge in [0.25, 0.3) is 0 Å². The molecule has 0 atom stereocenters. The van der Waals surface area contributed by atoms with E-state index in [1.165, 1.54) is 0 Å². The molecular formula is C14H23N3O. The maximum Gasteiger partial charge on any atom is 0.123 e. The van der Waals surface area contributed by atoms with Crippen LogP contribution in [0.15, 0.2) is 18.2 Å². The molecule has 18 heavy (non-hydrogen) atoms. The summed E-state index contributed by atoms with van der Waals surface area (Å²) in [4.78, 5) is 2.24. The molecule has 0 aliphatic heterocycles. The van der Waals surface area contributed by atoms with E-state index in [0.29, 0.717) is 6.04 Å². The Morgan fingerprint density at radius 2 is 2.11 bits per heavy atom. The number of aliphatic hydroxyl groups excluding tert-OH is 1. The van der Waals surface area contributed by atoms with Crippen LogP contribution in [0.2, 0.25) is 0 Å². The predicted octanol–water partition coefficient (Wildman–Crippen LogP) is 1.88. The summed E-state index contributed by atoms with van der Waals surface area (Å²) in [5.74, 6) is 0.102. The van der Waals surface area contributed by atoms with Gasteiger partial charge in [-0.05, 0) is 51.0 Å². The summed E-state index contributed by atoms with van der Waals surface area (Å²) in [6.07, 6.45) is 0.756. The summed E-state index contributed by atoms with van der Waals surface area (Å²) in [7, 11) is 0. The smallest absolute Gasteiger partial charge is 0.123 e. The first kappa shape index (κ1) is 14.5. The van der Waals surface area contributed by atoms with Gasteiger partial charge in [0.2, 0.25) is 0 Å². The van der Waals surface area contributed by atoms with Gasteiger partial charge in [0.15, 0.2) is 0 Å². The van der Waals surface area contributed by atoms with Gasteiger partial charge in [0.1, 0.15) is 5.84 Å². The van der Waals surface area contributed by atoms with Gasteiger partial charge in [-0.25, -0.2) is 0 Å². The van der Waals surface area contributed by atoms with Crippen molar-refractivity contribution in [1.82, 2.24) is 0 Å². The molecule has 1 rings (SSSR count). The van der Waals surface area contributed by atoms with Gasteiger partial charge in [0, 0.05) is 30.4 Å². The van der Waals surface area contributed by atoms with Crippen LogP contribution in [0.5, 0.6) is 0 Å². The molecule has 0 saturated carbocycles. The molecule has 0 heterocycles. The van der Waals surface area contributed by atoms with Crippen LogP contribution in [0.25, 0.3) is 0 Å². The van der Waals surface area contributed by atoms with Crippen molar-refractivity contribution in [1.29, 1.82) is 5.41 Å². The highest BCUT2D eigenvalue weighted by molar-refractivity contribution is 5.96. The summed E-state index contributed by atoms with van der Waals surface area (Å²) in [5.41, 5.74) is 8.42. The Kier molecular flexibility index (Phi) is 5.16. The van der Waals surface area contributed by atoms with Crippen LogP contribution in [-0.4, -0.2) is 30.1 Å². The molecule has 0 aliphatic carbocycles. The number of nitrogens with one attached hydrogen (secondary N) is 1. The Balaban J connectivity index is 2.99. The third kappa shape index (κ3) is 3.47. The van der Waals surface area contributed by atoms with Crippen LogP contribution in [-0.2, 0) is 0 Å². The molecule has 4 heteroatoms. The largest absolute Gasteiger partial charge is 0.396 e. The molecule has 0 unspecified atom stereocenters. The van der Waals surface area contributed by atoms with Crippen LogP contribution in [0.3, 0.4) is 0 Å². The van der Waals surface area contributed by atoms with E-state index < -0.39 is 0 Å². The van der Waals surface area contributed by atoms with Gasteiger partial charge in [-0.15, -0.1) is 0 Å². The van der Waals surface area contributed by atoms with E-state index in [1.54, 1.807) is 0 Å². The van der Waals surface area contributed by atoms with E-state index in [-0.39, 0.29) is 12.4 Å². The number of hydrogen-bond donors (Lipinski definition) is 3. The van der Waals surface area contributed by atoms with Gasteiger partial charge < -0.3 is 15.7 Å². The third-order valence-electron chi connectivity index (χ3n) is 3.01. The van der Waals surface area contributed by atoms with Crippen LogP contribution in [0, 0.1) is 12.3 Å². The minimum atomic E-state index is 0.102. The van der Waals surface area contributed by atoms with Crippen molar-refractivity contribution in [2.45, 2.75) is 33.2 Å². The fourth-order valence-electron chi connectivity index (χ4n) is 2.06. The lowest BCUT2D eigenvalue weighted by Crippen LogP contribution is -2.32. The number of benzene rings is 1. The molecular weight excluding hydrogens is 226 g/mol. The molecule has 0 radical (unpaired) electrons. The lowest BCUT2D eigenvalue weighted by Gasteiger charge is -2.29. The van der Waals surface area contributed by atoms with Crippen LogP contribution >= 0.6 is 0 Å². The zero-order chi connectivity index (χ0) is 13.7. The highest BCUT2D eigenvalue weighted by Gasteiger charge is 2.11. The Hall–Kier alpha value is -1.55. The minimum absolute atomic E-state index is 0.102. The number of nitrogens with zero attached hydrogens (tertiary/aromatic N) is 1. The van der Waals surface area contributed by atoms with Gasteiger partial charge in [0.05, 0.1) is 0 Å². The average Bonchev–Trinajstić information content (AvgIpc) is 2.28. The summed E-state index contributed by atoms with van der Waals surface area (Å²) in [6.45, 7) is 7.25. The molecule has 1 aromatic carbocycles. The Labute approximate surface area is 109 Å². The zero-order valence-electron chi connectivity index (χ0n) is 11.4. The third-order valence-corrected chi connectivity index (χ3v) is 3.01. The average molecular weight is 249 g/mol. The lowest BCUT2D eigenvalue weighted by molar-refractivity contribution is 0.288. The molecule has 0 aromatic heterocycles. The fourth-order valence-corrected chi connectivity index (χ4v) is 2.06. The van der Waals surface area contributed by atoms with Crippen molar-refractivity contribution >= 4 is 11.5 Å². The maximum atomic E-state index is 8.94. The van der Waals surface area contributed by atoms with Crippen molar-refractivity contribution in [2.75, 3.05) is 18.1 Å². The molecule has 4 N–H and O–H groups in total. The SMILES string of the molecule is Cc1cc(N(CCCO)C(C)C)ccc1C(=N)N. The van der Waals surface area contributed by atoms with Crippen LogP contribution in [0.4, 0.5) is 5.69 Å². The maximum absolute atomic E-state index is 8.94. The normalized spacial score (nSPS) is 10.7. The molecule has 0 amide bonds. The second kappa shape index (κ2) is 6.40. The van der Waals surface area contributed by atoms with Crippen molar-refractivity contribution in [3.63, 3.8) is 0 Å². The number of hydrogen-bond acceptors (Lipinski definition) is 3. The lowest BCUT2D eigenvalue weighted by atomic mass is 10.1. The van der Waals surface area contributed by atoms with Crippen molar-refractivity contribution in [3.05, 3.63) is 29.3 Å². The monoisotopic (exact) mass is 249 g/mol. The van der Waals surface area contributed by atoms with Gasteiger partial charge in [-0.2, -0.15) is 0 Å². The predicted molar refractivity (Wildman–Crippen MR) is 76.4 cm³/mol. The first-order valence-corrected chi connectivity index (χ1v) is 6.30. The van der Waals surface area contributed by atoms with E-state index in [9.17, 15) is 0 Å². The first-order chi connectivity index (χ1) is 8.47. The second-order valence-electron chi connectivity index (χ2n) is 4.78. The topological polar surface area (TPSA) is 73.3 Å². The zero-order valence-corrected chi connectivity index (χ0v) is 11.4. The van der Waals surface area contributed by atoms with Crippen molar-refractivity contribution < 1.29 is 5.11 Å².